The standard InChI is InChI=1S/C14H20N2O3.CH4/c1-11(17)16(2)13(10-19-3)14(18)15-9-12-7-5-4-6-8-12;/h4-8,13H,9-10H2,1-3H3,(H,15,18);1H4/t13-;/m1./s1. The number of carbonyl (C=O) groups is 2. The highest BCUT2D eigenvalue weighted by Gasteiger charge is 2.24. The number of benzene rings is 1. The summed E-state index contributed by atoms with van der Waals surface area (Å²) < 4.78 is 4.99. The van der Waals surface area contributed by atoms with Gasteiger partial charge < -0.3 is 15.0 Å². The quantitative estimate of drug-likeness (QED) is 0.857. The molecular weight excluding hydrogens is 256 g/mol. The molecule has 0 aliphatic carbocycles. The molecule has 1 N–H and O–H groups in total. The first kappa shape index (κ1) is 18.1. The van der Waals surface area contributed by atoms with Gasteiger partial charge >= 0.3 is 0 Å². The van der Waals surface area contributed by atoms with Crippen LogP contribution in [-0.4, -0.2) is 43.5 Å². The molecule has 20 heavy (non-hydrogen) atoms. The normalized spacial score (nSPS) is 11.2. The van der Waals surface area contributed by atoms with Gasteiger partial charge in [-0.05, 0) is 5.56 Å². The van der Waals surface area contributed by atoms with Crippen LogP contribution in [0.15, 0.2) is 30.3 Å². The van der Waals surface area contributed by atoms with Gasteiger partial charge in [-0.3, -0.25) is 9.59 Å². The average molecular weight is 280 g/mol. The highest BCUT2D eigenvalue weighted by atomic mass is 16.5. The number of carbonyl (C=O) groups excluding carboxylic acids is 2. The second-order valence-electron chi connectivity index (χ2n) is 4.30. The van der Waals surface area contributed by atoms with E-state index in [-0.39, 0.29) is 25.8 Å². The Labute approximate surface area is 120 Å². The minimum atomic E-state index is -0.605. The maximum atomic E-state index is 12.1. The van der Waals surface area contributed by atoms with Crippen LogP contribution in [0.25, 0.3) is 0 Å². The molecule has 5 nitrogen and oxygen atoms in total. The van der Waals surface area contributed by atoms with Crippen molar-refractivity contribution < 1.29 is 14.3 Å². The van der Waals surface area contributed by atoms with Gasteiger partial charge in [-0.15, -0.1) is 0 Å². The number of hydrogen-bond acceptors (Lipinski definition) is 3. The van der Waals surface area contributed by atoms with E-state index >= 15 is 0 Å². The Morgan fingerprint density at radius 3 is 2.40 bits per heavy atom. The summed E-state index contributed by atoms with van der Waals surface area (Å²) in [5.74, 6) is -0.389. The summed E-state index contributed by atoms with van der Waals surface area (Å²) in [4.78, 5) is 24.8. The van der Waals surface area contributed by atoms with Gasteiger partial charge in [0.25, 0.3) is 0 Å². The zero-order chi connectivity index (χ0) is 14.3. The Morgan fingerprint density at radius 2 is 1.90 bits per heavy atom. The van der Waals surface area contributed by atoms with Crippen molar-refractivity contribution >= 4 is 11.8 Å². The summed E-state index contributed by atoms with van der Waals surface area (Å²) in [6, 6.07) is 9.00. The number of nitrogens with zero attached hydrogens (tertiary/aromatic N) is 1. The molecule has 0 aliphatic heterocycles. The molecule has 0 bridgehead atoms. The van der Waals surface area contributed by atoms with Crippen LogP contribution in [0.4, 0.5) is 0 Å². The molecule has 112 valence electrons. The van der Waals surface area contributed by atoms with E-state index in [1.165, 1.54) is 18.9 Å². The number of ether oxygens (including phenoxy) is 1. The molecule has 1 rings (SSSR count). The van der Waals surface area contributed by atoms with Crippen molar-refractivity contribution in [2.45, 2.75) is 26.9 Å². The van der Waals surface area contributed by atoms with Crippen LogP contribution in [0.1, 0.15) is 19.9 Å². The zero-order valence-corrected chi connectivity index (χ0v) is 11.6. The average Bonchev–Trinajstić information content (AvgIpc) is 2.42. The molecule has 0 aromatic heterocycles. The van der Waals surface area contributed by atoms with Crippen molar-refractivity contribution in [1.29, 1.82) is 0 Å². The topological polar surface area (TPSA) is 58.6 Å². The van der Waals surface area contributed by atoms with Gasteiger partial charge in [0.05, 0.1) is 6.61 Å². The van der Waals surface area contributed by atoms with E-state index in [1.54, 1.807) is 7.05 Å². The molecule has 0 heterocycles. The van der Waals surface area contributed by atoms with E-state index in [0.717, 1.165) is 5.56 Å². The third-order valence-corrected chi connectivity index (χ3v) is 2.90. The van der Waals surface area contributed by atoms with E-state index in [9.17, 15) is 9.59 Å². The Bertz CT molecular complexity index is 420. The summed E-state index contributed by atoms with van der Waals surface area (Å²) in [5.41, 5.74) is 1.01. The van der Waals surface area contributed by atoms with Crippen LogP contribution in [0.2, 0.25) is 0 Å². The maximum Gasteiger partial charge on any atom is 0.245 e. The first-order valence-corrected chi connectivity index (χ1v) is 6.10. The Hall–Kier alpha value is -1.88. The van der Waals surface area contributed by atoms with Crippen molar-refractivity contribution in [3.63, 3.8) is 0 Å². The smallest absolute Gasteiger partial charge is 0.245 e. The Kier molecular flexibility index (Phi) is 8.24. The number of methoxy groups -OCH3 is 1. The molecule has 2 amide bonds. The molecule has 0 unspecified atom stereocenters. The molecule has 0 fully saturated rings. The van der Waals surface area contributed by atoms with Crippen LogP contribution in [0, 0.1) is 0 Å². The second kappa shape index (κ2) is 9.09. The number of amides is 2. The van der Waals surface area contributed by atoms with Crippen LogP contribution >= 0.6 is 0 Å². The van der Waals surface area contributed by atoms with E-state index < -0.39 is 6.04 Å². The van der Waals surface area contributed by atoms with Crippen molar-refractivity contribution in [3.8, 4) is 0 Å². The number of rotatable bonds is 6. The summed E-state index contributed by atoms with van der Waals surface area (Å²) >= 11 is 0. The monoisotopic (exact) mass is 280 g/mol. The van der Waals surface area contributed by atoms with Gasteiger partial charge in [0, 0.05) is 27.6 Å². The van der Waals surface area contributed by atoms with E-state index in [0.29, 0.717) is 6.54 Å². The van der Waals surface area contributed by atoms with Gasteiger partial charge in [-0.25, -0.2) is 0 Å². The molecule has 1 atom stereocenters. The molecule has 0 saturated carbocycles. The van der Waals surface area contributed by atoms with Gasteiger partial charge in [0.2, 0.25) is 11.8 Å². The van der Waals surface area contributed by atoms with Crippen LogP contribution in [-0.2, 0) is 20.9 Å². The molecule has 0 radical (unpaired) electrons. The van der Waals surface area contributed by atoms with Crippen LogP contribution < -0.4 is 5.32 Å². The first-order chi connectivity index (χ1) is 9.06. The zero-order valence-electron chi connectivity index (χ0n) is 11.6. The lowest BCUT2D eigenvalue weighted by Crippen LogP contribution is -2.49. The van der Waals surface area contributed by atoms with Gasteiger partial charge in [0.1, 0.15) is 6.04 Å². The molecule has 5 heteroatoms. The summed E-state index contributed by atoms with van der Waals surface area (Å²) in [6.07, 6.45) is 0. The minimum absolute atomic E-state index is 0. The highest BCUT2D eigenvalue weighted by molar-refractivity contribution is 5.86. The molecule has 0 aliphatic rings. The van der Waals surface area contributed by atoms with Gasteiger partial charge in [-0.2, -0.15) is 0 Å². The fraction of sp³-hybridized carbons (Fsp3) is 0.467. The molecular formula is C15H24N2O3. The van der Waals surface area contributed by atoms with Crippen molar-refractivity contribution in [3.05, 3.63) is 35.9 Å². The lowest BCUT2D eigenvalue weighted by molar-refractivity contribution is -0.139. The molecule has 1 aromatic carbocycles. The number of likely N-dealkylation sites (N-methyl/N-ethyl adjacent to an activating group) is 1. The fourth-order valence-electron chi connectivity index (χ4n) is 1.64. The summed E-state index contributed by atoms with van der Waals surface area (Å²) in [7, 11) is 3.10. The summed E-state index contributed by atoms with van der Waals surface area (Å²) in [5, 5.41) is 2.81. The van der Waals surface area contributed by atoms with Crippen LogP contribution in [0.5, 0.6) is 0 Å². The van der Waals surface area contributed by atoms with E-state index in [4.69, 9.17) is 4.74 Å². The largest absolute Gasteiger partial charge is 0.382 e. The van der Waals surface area contributed by atoms with E-state index in [1.807, 2.05) is 30.3 Å². The number of nitrogens with one attached hydrogen (secondary N) is 1. The number of hydrogen-bond donors (Lipinski definition) is 1. The van der Waals surface area contributed by atoms with Crippen molar-refractivity contribution in [2.75, 3.05) is 20.8 Å². The summed E-state index contributed by atoms with van der Waals surface area (Å²) in [6.45, 7) is 2.04. The fourth-order valence-corrected chi connectivity index (χ4v) is 1.64. The van der Waals surface area contributed by atoms with Crippen molar-refractivity contribution in [1.82, 2.24) is 10.2 Å². The maximum absolute atomic E-state index is 12.1. The van der Waals surface area contributed by atoms with Gasteiger partial charge in [0.15, 0.2) is 0 Å². The van der Waals surface area contributed by atoms with E-state index in [2.05, 4.69) is 5.32 Å². The lowest BCUT2D eigenvalue weighted by Gasteiger charge is -2.25. The predicted octanol–water partition coefficient (Wildman–Crippen LogP) is 1.43. The lowest BCUT2D eigenvalue weighted by atomic mass is 10.2. The van der Waals surface area contributed by atoms with Crippen molar-refractivity contribution in [2.24, 2.45) is 0 Å². The Morgan fingerprint density at radius 1 is 1.30 bits per heavy atom. The molecule has 0 saturated heterocycles. The molecule has 1 aromatic rings. The first-order valence-electron chi connectivity index (χ1n) is 6.10. The second-order valence-corrected chi connectivity index (χ2v) is 4.30. The third-order valence-electron chi connectivity index (χ3n) is 2.90. The Balaban J connectivity index is 0.00000361. The van der Waals surface area contributed by atoms with Crippen LogP contribution in [0.3, 0.4) is 0 Å². The SMILES string of the molecule is C.COC[C@H](C(=O)NCc1ccccc1)N(C)C(C)=O. The third kappa shape index (κ3) is 5.40. The predicted molar refractivity (Wildman–Crippen MR) is 79.1 cm³/mol. The van der Waals surface area contributed by atoms with Gasteiger partial charge in [-0.1, -0.05) is 37.8 Å². The highest BCUT2D eigenvalue weighted by Crippen LogP contribution is 2.01. The molecule has 0 spiro atoms. The minimum Gasteiger partial charge on any atom is -0.382 e.